The van der Waals surface area contributed by atoms with Crippen LogP contribution in [0.3, 0.4) is 0 Å². The maximum Gasteiger partial charge on any atom is 0.356 e. The van der Waals surface area contributed by atoms with Crippen molar-refractivity contribution in [2.75, 3.05) is 13.7 Å². The molecule has 3 rings (SSSR count). The lowest BCUT2D eigenvalue weighted by Gasteiger charge is -2.27. The number of carbonyl (C=O) groups excluding carboxylic acids is 1. The fraction of sp³-hybridized carbons (Fsp3) is 0.500. The molecule has 0 radical (unpaired) electrons. The first-order valence-electron chi connectivity index (χ1n) is 6.81. The predicted octanol–water partition coefficient (Wildman–Crippen LogP) is 2.31. The topological polar surface area (TPSA) is 66.2 Å². The lowest BCUT2D eigenvalue weighted by atomic mass is 10.2. The normalized spacial score (nSPS) is 19.3. The highest BCUT2D eigenvalue weighted by molar-refractivity contribution is 6.20. The molecule has 2 atom stereocenters. The highest BCUT2D eigenvalue weighted by Crippen LogP contribution is 2.26. The van der Waals surface area contributed by atoms with Crippen molar-refractivity contribution in [1.29, 1.82) is 0 Å². The van der Waals surface area contributed by atoms with Crippen molar-refractivity contribution >= 4 is 28.7 Å². The van der Waals surface area contributed by atoms with Gasteiger partial charge in [0, 0.05) is 6.61 Å². The molecule has 1 unspecified atom stereocenters. The number of fused-ring (bicyclic) bond motifs is 1. The van der Waals surface area contributed by atoms with Gasteiger partial charge >= 0.3 is 5.97 Å². The number of nitrogens with zero attached hydrogens (tertiary/aromatic N) is 3. The summed E-state index contributed by atoms with van der Waals surface area (Å²) in [7, 11) is 1.33. The van der Waals surface area contributed by atoms with Crippen LogP contribution in [0.1, 0.15) is 35.0 Å². The minimum atomic E-state index is -0.468. The summed E-state index contributed by atoms with van der Waals surface area (Å²) in [6.07, 6.45) is 1.16. The Morgan fingerprint density at radius 1 is 1.57 bits per heavy atom. The van der Waals surface area contributed by atoms with Gasteiger partial charge in [-0.15, -0.1) is 11.6 Å². The van der Waals surface area contributed by atoms with E-state index < -0.39 is 5.97 Å². The summed E-state index contributed by atoms with van der Waals surface area (Å²) in [5.41, 5.74) is 1.61. The van der Waals surface area contributed by atoms with Gasteiger partial charge in [-0.2, -0.15) is 0 Å². The maximum atomic E-state index is 11.6. The number of pyridine rings is 1. The van der Waals surface area contributed by atoms with Crippen LogP contribution in [-0.4, -0.2) is 40.3 Å². The fourth-order valence-corrected chi connectivity index (χ4v) is 2.52. The van der Waals surface area contributed by atoms with E-state index in [2.05, 4.69) is 9.97 Å². The van der Waals surface area contributed by atoms with E-state index in [0.717, 1.165) is 18.9 Å². The molecule has 1 aliphatic rings. The third-order valence-corrected chi connectivity index (χ3v) is 3.75. The zero-order valence-electron chi connectivity index (χ0n) is 11.9. The molecule has 0 aliphatic carbocycles. The quantitative estimate of drug-likeness (QED) is 0.640. The van der Waals surface area contributed by atoms with E-state index >= 15 is 0 Å². The molecule has 3 heterocycles. The maximum absolute atomic E-state index is 11.6. The molecular formula is C14H16ClN3O3. The van der Waals surface area contributed by atoms with Crippen molar-refractivity contribution in [3.05, 3.63) is 23.7 Å². The summed E-state index contributed by atoms with van der Waals surface area (Å²) in [6.45, 7) is 3.28. The second kappa shape index (κ2) is 5.61. The Hall–Kier alpha value is -1.66. The van der Waals surface area contributed by atoms with Gasteiger partial charge in [0.2, 0.25) is 0 Å². The molecule has 1 saturated heterocycles. The van der Waals surface area contributed by atoms with Crippen molar-refractivity contribution in [2.24, 2.45) is 0 Å². The SMILES string of the molecule is COC(=O)c1ccc2nc([C@H](C)Cl)n(CC3CCO3)c2n1. The Bertz CT molecular complexity index is 679. The number of aromatic nitrogens is 3. The molecule has 0 saturated carbocycles. The van der Waals surface area contributed by atoms with Gasteiger partial charge in [-0.3, -0.25) is 0 Å². The number of methoxy groups -OCH3 is 1. The Labute approximate surface area is 127 Å². The standard InChI is InChI=1S/C14H16ClN3O3/c1-8(15)12-16-10-3-4-11(14(19)20-2)17-13(10)18(12)7-9-5-6-21-9/h3-4,8-9H,5-7H2,1-2H3/t8-,9?/m0/s1. The molecule has 0 N–H and O–H groups in total. The van der Waals surface area contributed by atoms with Crippen LogP contribution in [-0.2, 0) is 16.0 Å². The largest absolute Gasteiger partial charge is 0.464 e. The summed E-state index contributed by atoms with van der Waals surface area (Å²) >= 11 is 6.21. The summed E-state index contributed by atoms with van der Waals surface area (Å²) < 4.78 is 12.1. The van der Waals surface area contributed by atoms with Gasteiger partial charge in [0.05, 0.1) is 25.1 Å². The van der Waals surface area contributed by atoms with Crippen LogP contribution in [0, 0.1) is 0 Å². The van der Waals surface area contributed by atoms with Crippen molar-refractivity contribution in [3.63, 3.8) is 0 Å². The molecule has 21 heavy (non-hydrogen) atoms. The van der Waals surface area contributed by atoms with Crippen molar-refractivity contribution in [1.82, 2.24) is 14.5 Å². The fourth-order valence-electron chi connectivity index (χ4n) is 2.35. The smallest absolute Gasteiger partial charge is 0.356 e. The van der Waals surface area contributed by atoms with Crippen LogP contribution in [0.2, 0.25) is 0 Å². The van der Waals surface area contributed by atoms with E-state index in [1.807, 2.05) is 11.5 Å². The monoisotopic (exact) mass is 309 g/mol. The number of carbonyl (C=O) groups is 1. The number of halogens is 1. The molecule has 112 valence electrons. The number of imidazole rings is 1. The lowest BCUT2D eigenvalue weighted by molar-refractivity contribution is -0.0590. The molecule has 0 aromatic carbocycles. The third-order valence-electron chi connectivity index (χ3n) is 3.55. The molecule has 2 aromatic heterocycles. The molecule has 0 spiro atoms. The molecule has 6 nitrogen and oxygen atoms in total. The molecule has 0 bridgehead atoms. The number of rotatable bonds is 4. The van der Waals surface area contributed by atoms with Crippen LogP contribution in [0.25, 0.3) is 11.2 Å². The van der Waals surface area contributed by atoms with Gasteiger partial charge in [-0.25, -0.2) is 14.8 Å². The minimum absolute atomic E-state index is 0.153. The summed E-state index contributed by atoms with van der Waals surface area (Å²) in [5.74, 6) is 0.265. The zero-order valence-corrected chi connectivity index (χ0v) is 12.6. The Kier molecular flexibility index (Phi) is 3.82. The van der Waals surface area contributed by atoms with Crippen LogP contribution in [0.4, 0.5) is 0 Å². The first kappa shape index (κ1) is 14.3. The predicted molar refractivity (Wildman–Crippen MR) is 77.5 cm³/mol. The summed E-state index contributed by atoms with van der Waals surface area (Å²) in [5, 5.41) is -0.249. The van der Waals surface area contributed by atoms with Gasteiger partial charge in [0.15, 0.2) is 11.3 Å². The highest BCUT2D eigenvalue weighted by atomic mass is 35.5. The van der Waals surface area contributed by atoms with E-state index in [9.17, 15) is 4.79 Å². The van der Waals surface area contributed by atoms with E-state index in [1.165, 1.54) is 7.11 Å². The zero-order chi connectivity index (χ0) is 15.0. The Balaban J connectivity index is 2.08. The molecular weight excluding hydrogens is 294 g/mol. The van der Waals surface area contributed by atoms with Crippen LogP contribution < -0.4 is 0 Å². The van der Waals surface area contributed by atoms with Gasteiger partial charge in [-0.1, -0.05) is 0 Å². The van der Waals surface area contributed by atoms with Crippen molar-refractivity contribution in [3.8, 4) is 0 Å². The summed E-state index contributed by atoms with van der Waals surface area (Å²) in [4.78, 5) is 20.5. The molecule has 1 aliphatic heterocycles. The minimum Gasteiger partial charge on any atom is -0.464 e. The molecule has 0 amide bonds. The Morgan fingerprint density at radius 3 is 2.90 bits per heavy atom. The van der Waals surface area contributed by atoms with Gasteiger partial charge in [0.25, 0.3) is 0 Å². The van der Waals surface area contributed by atoms with Crippen LogP contribution in [0.15, 0.2) is 12.1 Å². The Morgan fingerprint density at radius 2 is 2.33 bits per heavy atom. The number of ether oxygens (including phenoxy) is 2. The van der Waals surface area contributed by atoms with Gasteiger partial charge in [-0.05, 0) is 25.5 Å². The first-order valence-corrected chi connectivity index (χ1v) is 7.25. The summed E-state index contributed by atoms with van der Waals surface area (Å²) in [6, 6.07) is 3.36. The highest BCUT2D eigenvalue weighted by Gasteiger charge is 2.24. The van der Waals surface area contributed by atoms with E-state index in [0.29, 0.717) is 17.7 Å². The number of alkyl halides is 1. The van der Waals surface area contributed by atoms with E-state index in [1.54, 1.807) is 12.1 Å². The first-order chi connectivity index (χ1) is 10.1. The van der Waals surface area contributed by atoms with Crippen LogP contribution in [0.5, 0.6) is 0 Å². The van der Waals surface area contributed by atoms with E-state index in [-0.39, 0.29) is 17.2 Å². The second-order valence-electron chi connectivity index (χ2n) is 5.01. The van der Waals surface area contributed by atoms with Gasteiger partial charge < -0.3 is 14.0 Å². The van der Waals surface area contributed by atoms with Crippen LogP contribution >= 0.6 is 11.6 Å². The lowest BCUT2D eigenvalue weighted by Crippen LogP contribution is -2.32. The average molecular weight is 310 g/mol. The molecule has 1 fully saturated rings. The number of esters is 1. The van der Waals surface area contributed by atoms with Crippen molar-refractivity contribution in [2.45, 2.75) is 31.4 Å². The van der Waals surface area contributed by atoms with E-state index in [4.69, 9.17) is 21.1 Å². The molecule has 7 heteroatoms. The number of hydrogen-bond donors (Lipinski definition) is 0. The second-order valence-corrected chi connectivity index (χ2v) is 5.66. The molecule has 2 aromatic rings. The van der Waals surface area contributed by atoms with Gasteiger partial charge in [0.1, 0.15) is 11.3 Å². The number of hydrogen-bond acceptors (Lipinski definition) is 5. The average Bonchev–Trinajstić information content (AvgIpc) is 2.80. The van der Waals surface area contributed by atoms with Crippen molar-refractivity contribution < 1.29 is 14.3 Å². The third kappa shape index (κ3) is 2.61.